The molecule has 2 aromatic carbocycles. The maximum atomic E-state index is 12.2. The second-order valence-corrected chi connectivity index (χ2v) is 5.32. The van der Waals surface area contributed by atoms with Gasteiger partial charge in [0.25, 0.3) is 0 Å². The van der Waals surface area contributed by atoms with Gasteiger partial charge in [-0.15, -0.1) is 10.2 Å². The number of carbonyl (C=O) groups excluding carboxylic acids is 1. The maximum Gasteiger partial charge on any atom is 0.204 e. The molecule has 0 aliphatic carbocycles. The molecule has 0 N–H and O–H groups in total. The summed E-state index contributed by atoms with van der Waals surface area (Å²) in [6.07, 6.45) is 0. The van der Waals surface area contributed by atoms with Crippen molar-refractivity contribution in [2.75, 3.05) is 0 Å². The van der Waals surface area contributed by atoms with Crippen molar-refractivity contribution >= 4 is 17.4 Å². The molecule has 0 bridgehead atoms. The van der Waals surface area contributed by atoms with E-state index in [2.05, 4.69) is 15.4 Å². The predicted octanol–water partition coefficient (Wildman–Crippen LogP) is 3.18. The molecule has 0 amide bonds. The highest BCUT2D eigenvalue weighted by atomic mass is 35.5. The van der Waals surface area contributed by atoms with Gasteiger partial charge in [-0.3, -0.25) is 4.79 Å². The lowest BCUT2D eigenvalue weighted by atomic mass is 10.1. The zero-order valence-corrected chi connectivity index (χ0v) is 12.7. The third kappa shape index (κ3) is 3.04. The number of halogens is 1. The fraction of sp³-hybridized carbons (Fsp3) is 0.125. The average molecular weight is 313 g/mol. The first-order chi connectivity index (χ1) is 10.6. The number of carbonyl (C=O) groups is 1. The smallest absolute Gasteiger partial charge is 0.204 e. The first-order valence-corrected chi connectivity index (χ1v) is 7.14. The maximum absolute atomic E-state index is 12.2. The lowest BCUT2D eigenvalue weighted by Crippen LogP contribution is -2.13. The van der Waals surface area contributed by atoms with E-state index in [0.29, 0.717) is 16.4 Å². The van der Waals surface area contributed by atoms with Crippen LogP contribution in [0.25, 0.3) is 11.4 Å². The molecule has 5 nitrogen and oxygen atoms in total. The molecule has 0 aliphatic heterocycles. The molecule has 0 aliphatic rings. The first kappa shape index (κ1) is 14.4. The van der Waals surface area contributed by atoms with Crippen LogP contribution in [-0.4, -0.2) is 26.0 Å². The van der Waals surface area contributed by atoms with E-state index in [9.17, 15) is 4.79 Å². The Morgan fingerprint density at radius 3 is 2.59 bits per heavy atom. The van der Waals surface area contributed by atoms with Gasteiger partial charge in [-0.05, 0) is 24.3 Å². The van der Waals surface area contributed by atoms with Crippen molar-refractivity contribution in [2.45, 2.75) is 13.5 Å². The number of benzene rings is 2. The van der Waals surface area contributed by atoms with Crippen LogP contribution in [0.4, 0.5) is 0 Å². The van der Waals surface area contributed by atoms with Crippen LogP contribution in [0.15, 0.2) is 48.5 Å². The summed E-state index contributed by atoms with van der Waals surface area (Å²) in [5, 5.41) is 12.6. The van der Waals surface area contributed by atoms with E-state index in [0.717, 1.165) is 11.1 Å². The van der Waals surface area contributed by atoms with Crippen LogP contribution in [0, 0.1) is 6.92 Å². The van der Waals surface area contributed by atoms with Gasteiger partial charge in [-0.25, -0.2) is 0 Å². The van der Waals surface area contributed by atoms with E-state index in [1.807, 2.05) is 31.2 Å². The van der Waals surface area contributed by atoms with Gasteiger partial charge in [0, 0.05) is 11.1 Å². The Bertz CT molecular complexity index is 811. The van der Waals surface area contributed by atoms with Crippen LogP contribution in [-0.2, 0) is 6.54 Å². The van der Waals surface area contributed by atoms with Gasteiger partial charge in [-0.2, -0.15) is 4.80 Å². The highest BCUT2D eigenvalue weighted by molar-refractivity contribution is 6.33. The van der Waals surface area contributed by atoms with Gasteiger partial charge in [0.1, 0.15) is 6.54 Å². The normalized spacial score (nSPS) is 10.6. The van der Waals surface area contributed by atoms with Crippen molar-refractivity contribution in [3.05, 3.63) is 64.7 Å². The van der Waals surface area contributed by atoms with Gasteiger partial charge < -0.3 is 0 Å². The van der Waals surface area contributed by atoms with Crippen molar-refractivity contribution < 1.29 is 4.79 Å². The zero-order valence-electron chi connectivity index (χ0n) is 11.9. The highest BCUT2D eigenvalue weighted by Crippen LogP contribution is 2.17. The minimum absolute atomic E-state index is 0.00257. The topological polar surface area (TPSA) is 60.7 Å². The van der Waals surface area contributed by atoms with E-state index in [4.69, 9.17) is 11.6 Å². The lowest BCUT2D eigenvalue weighted by molar-refractivity contribution is 0.0961. The monoisotopic (exact) mass is 312 g/mol. The molecule has 1 heterocycles. The van der Waals surface area contributed by atoms with E-state index in [-0.39, 0.29) is 12.3 Å². The van der Waals surface area contributed by atoms with Crippen molar-refractivity contribution in [3.63, 3.8) is 0 Å². The highest BCUT2D eigenvalue weighted by Gasteiger charge is 2.13. The van der Waals surface area contributed by atoms with E-state index < -0.39 is 0 Å². The molecular formula is C16H13ClN4O. The quantitative estimate of drug-likeness (QED) is 0.694. The number of aromatic nitrogens is 4. The van der Waals surface area contributed by atoms with Gasteiger partial charge >= 0.3 is 0 Å². The van der Waals surface area contributed by atoms with Crippen molar-refractivity contribution in [2.24, 2.45) is 0 Å². The Balaban J connectivity index is 1.78. The van der Waals surface area contributed by atoms with Crippen molar-refractivity contribution in [1.29, 1.82) is 0 Å². The van der Waals surface area contributed by atoms with Crippen LogP contribution in [0.1, 0.15) is 15.9 Å². The van der Waals surface area contributed by atoms with E-state index >= 15 is 0 Å². The molecule has 0 saturated carbocycles. The second-order valence-electron chi connectivity index (χ2n) is 4.91. The fourth-order valence-electron chi connectivity index (χ4n) is 2.03. The lowest BCUT2D eigenvalue weighted by Gasteiger charge is -2.01. The van der Waals surface area contributed by atoms with Gasteiger partial charge in [0.2, 0.25) is 5.82 Å². The summed E-state index contributed by atoms with van der Waals surface area (Å²) in [6.45, 7) is 2.01. The minimum atomic E-state index is -0.154. The number of hydrogen-bond donors (Lipinski definition) is 0. The number of rotatable bonds is 4. The minimum Gasteiger partial charge on any atom is -0.292 e. The van der Waals surface area contributed by atoms with Crippen LogP contribution < -0.4 is 0 Å². The number of nitrogens with zero attached hydrogens (tertiary/aromatic N) is 4. The summed E-state index contributed by atoms with van der Waals surface area (Å²) in [7, 11) is 0. The predicted molar refractivity (Wildman–Crippen MR) is 83.8 cm³/mol. The van der Waals surface area contributed by atoms with Crippen LogP contribution in [0.2, 0.25) is 5.02 Å². The van der Waals surface area contributed by atoms with Gasteiger partial charge in [-0.1, -0.05) is 53.6 Å². The summed E-state index contributed by atoms with van der Waals surface area (Å²) in [5.41, 5.74) is 2.48. The number of aryl methyl sites for hydroxylation is 1. The molecule has 3 rings (SSSR count). The molecule has 0 radical (unpaired) electrons. The molecule has 0 saturated heterocycles. The van der Waals surface area contributed by atoms with E-state index in [1.54, 1.807) is 24.3 Å². The number of tetrazole rings is 1. The number of hydrogen-bond acceptors (Lipinski definition) is 4. The molecule has 3 aromatic rings. The first-order valence-electron chi connectivity index (χ1n) is 6.76. The SMILES string of the molecule is Cc1ccc(-c2nnn(CC(=O)c3ccccc3Cl)n2)cc1. The summed E-state index contributed by atoms with van der Waals surface area (Å²) in [5.74, 6) is 0.338. The van der Waals surface area contributed by atoms with E-state index in [1.165, 1.54) is 4.80 Å². The van der Waals surface area contributed by atoms with Gasteiger partial charge in [0.05, 0.1) is 5.02 Å². The Hall–Kier alpha value is -2.53. The fourth-order valence-corrected chi connectivity index (χ4v) is 2.27. The molecule has 110 valence electrons. The molecule has 0 unspecified atom stereocenters. The number of ketones is 1. The molecule has 0 spiro atoms. The summed E-state index contributed by atoms with van der Waals surface area (Å²) in [6, 6.07) is 14.7. The third-order valence-corrected chi connectivity index (χ3v) is 3.55. The number of Topliss-reactive ketones (excluding diaryl/α,β-unsaturated/α-hetero) is 1. The third-order valence-electron chi connectivity index (χ3n) is 3.22. The second kappa shape index (κ2) is 6.07. The Labute approximate surface area is 132 Å². The largest absolute Gasteiger partial charge is 0.292 e. The van der Waals surface area contributed by atoms with Crippen molar-refractivity contribution in [3.8, 4) is 11.4 Å². The van der Waals surface area contributed by atoms with Gasteiger partial charge in [0.15, 0.2) is 5.78 Å². The van der Waals surface area contributed by atoms with Crippen LogP contribution >= 0.6 is 11.6 Å². The summed E-state index contributed by atoms with van der Waals surface area (Å²) >= 11 is 6.01. The average Bonchev–Trinajstić information content (AvgIpc) is 2.97. The summed E-state index contributed by atoms with van der Waals surface area (Å²) in [4.78, 5) is 13.5. The van der Waals surface area contributed by atoms with Crippen molar-refractivity contribution in [1.82, 2.24) is 20.2 Å². The Morgan fingerprint density at radius 1 is 1.14 bits per heavy atom. The Kier molecular flexibility index (Phi) is 3.98. The standard InChI is InChI=1S/C16H13ClN4O/c1-11-6-8-12(9-7-11)16-18-20-21(19-16)10-15(22)13-4-2-3-5-14(13)17/h2-9H,10H2,1H3. The van der Waals surface area contributed by atoms with Crippen LogP contribution in [0.5, 0.6) is 0 Å². The summed E-state index contributed by atoms with van der Waals surface area (Å²) < 4.78 is 0. The molecule has 1 aromatic heterocycles. The Morgan fingerprint density at radius 2 is 1.86 bits per heavy atom. The molecule has 22 heavy (non-hydrogen) atoms. The zero-order chi connectivity index (χ0) is 15.5. The van der Waals surface area contributed by atoms with Crippen LogP contribution in [0.3, 0.4) is 0 Å². The molecule has 6 heteroatoms. The molecular weight excluding hydrogens is 300 g/mol. The molecule has 0 fully saturated rings. The molecule has 0 atom stereocenters.